The Labute approximate surface area is 163 Å². The van der Waals surface area contributed by atoms with Gasteiger partial charge in [0.1, 0.15) is 17.1 Å². The highest BCUT2D eigenvalue weighted by atomic mass is 32.1. The van der Waals surface area contributed by atoms with Crippen molar-refractivity contribution >= 4 is 27.9 Å². The van der Waals surface area contributed by atoms with Crippen molar-refractivity contribution in [2.45, 2.75) is 51.5 Å². The molecule has 1 amide bonds. The zero-order chi connectivity index (χ0) is 19.2. The summed E-state index contributed by atoms with van der Waals surface area (Å²) in [5.74, 6) is -0.163. The quantitative estimate of drug-likeness (QED) is 0.755. The average Bonchev–Trinajstić information content (AvgIpc) is 2.83. The van der Waals surface area contributed by atoms with Crippen molar-refractivity contribution in [3.63, 3.8) is 0 Å². The van der Waals surface area contributed by atoms with Gasteiger partial charge >= 0.3 is 0 Å². The van der Waals surface area contributed by atoms with E-state index in [2.05, 4.69) is 22.8 Å². The first kappa shape index (κ1) is 18.9. The molecule has 0 aliphatic heterocycles. The van der Waals surface area contributed by atoms with Crippen molar-refractivity contribution in [2.75, 3.05) is 10.6 Å². The number of fused-ring (bicyclic) bond motifs is 1. The Morgan fingerprint density at radius 2 is 1.93 bits per heavy atom. The Kier molecular flexibility index (Phi) is 6.11. The zero-order valence-electron chi connectivity index (χ0n) is 15.3. The van der Waals surface area contributed by atoms with E-state index in [1.165, 1.54) is 11.3 Å². The molecule has 0 saturated heterocycles. The molecule has 0 bridgehead atoms. The first-order valence-electron chi connectivity index (χ1n) is 9.20. The Morgan fingerprint density at radius 3 is 2.63 bits per heavy atom. The zero-order valence-corrected chi connectivity index (χ0v) is 16.2. The van der Waals surface area contributed by atoms with Crippen LogP contribution in [0.15, 0.2) is 24.3 Å². The predicted octanol–water partition coefficient (Wildman–Crippen LogP) is 4.39. The van der Waals surface area contributed by atoms with Crippen LogP contribution < -0.4 is 10.6 Å². The number of nitrogens with zero attached hydrogens (tertiary/aromatic N) is 2. The molecule has 27 heavy (non-hydrogen) atoms. The third-order valence-electron chi connectivity index (χ3n) is 4.78. The number of aryl methyl sites for hydroxylation is 1. The van der Waals surface area contributed by atoms with E-state index < -0.39 is 6.04 Å². The summed E-state index contributed by atoms with van der Waals surface area (Å²) < 4.78 is 0. The van der Waals surface area contributed by atoms with Crippen LogP contribution in [0.4, 0.5) is 10.7 Å². The van der Waals surface area contributed by atoms with Crippen LogP contribution in [0.2, 0.25) is 0 Å². The van der Waals surface area contributed by atoms with Gasteiger partial charge in [-0.25, -0.2) is 0 Å². The number of hydrogen-bond donors (Lipinski definition) is 2. The standard InChI is InChI=1S/C21H22N4OS/c1-14(24-16-9-7-15(8-10-16)11-12-22)20(26)25-21-18(13-23)17-5-3-2-4-6-19(17)27-21/h7-10,14,24H,2-6,11H2,1H3,(H,25,26). The van der Waals surface area contributed by atoms with Gasteiger partial charge in [-0.1, -0.05) is 18.6 Å². The molecule has 1 atom stereocenters. The van der Waals surface area contributed by atoms with Gasteiger partial charge in [-0.2, -0.15) is 10.5 Å². The molecule has 1 aliphatic rings. The fourth-order valence-corrected chi connectivity index (χ4v) is 4.54. The van der Waals surface area contributed by atoms with Gasteiger partial charge in [-0.3, -0.25) is 4.79 Å². The highest BCUT2D eigenvalue weighted by molar-refractivity contribution is 7.16. The third-order valence-corrected chi connectivity index (χ3v) is 5.99. The highest BCUT2D eigenvalue weighted by Crippen LogP contribution is 2.37. The molecule has 1 aliphatic carbocycles. The lowest BCUT2D eigenvalue weighted by atomic mass is 10.1. The molecular weight excluding hydrogens is 356 g/mol. The van der Waals surface area contributed by atoms with Crippen molar-refractivity contribution in [3.05, 3.63) is 45.8 Å². The van der Waals surface area contributed by atoms with E-state index in [1.807, 2.05) is 24.3 Å². The molecule has 6 heteroatoms. The van der Waals surface area contributed by atoms with E-state index in [4.69, 9.17) is 5.26 Å². The highest BCUT2D eigenvalue weighted by Gasteiger charge is 2.22. The van der Waals surface area contributed by atoms with Crippen LogP contribution in [0, 0.1) is 22.7 Å². The molecular formula is C21H22N4OS. The predicted molar refractivity (Wildman–Crippen MR) is 108 cm³/mol. The summed E-state index contributed by atoms with van der Waals surface area (Å²) in [4.78, 5) is 13.9. The minimum atomic E-state index is -0.444. The van der Waals surface area contributed by atoms with Crippen LogP contribution in [0.25, 0.3) is 0 Å². The number of benzene rings is 1. The maximum Gasteiger partial charge on any atom is 0.247 e. The van der Waals surface area contributed by atoms with Crippen LogP contribution in [0.1, 0.15) is 47.8 Å². The number of amides is 1. The van der Waals surface area contributed by atoms with E-state index in [0.29, 0.717) is 17.0 Å². The smallest absolute Gasteiger partial charge is 0.247 e. The number of anilines is 2. The number of thiophene rings is 1. The summed E-state index contributed by atoms with van der Waals surface area (Å²) in [6, 6.07) is 11.4. The second-order valence-electron chi connectivity index (χ2n) is 6.77. The van der Waals surface area contributed by atoms with E-state index in [1.54, 1.807) is 18.3 Å². The summed E-state index contributed by atoms with van der Waals surface area (Å²) in [7, 11) is 0. The van der Waals surface area contributed by atoms with Gasteiger partial charge in [0.05, 0.1) is 18.1 Å². The average molecular weight is 379 g/mol. The first-order valence-corrected chi connectivity index (χ1v) is 10.0. The second-order valence-corrected chi connectivity index (χ2v) is 7.87. The molecule has 1 aromatic heterocycles. The maximum atomic E-state index is 12.6. The number of carbonyl (C=O) groups excluding carboxylic acids is 1. The summed E-state index contributed by atoms with van der Waals surface area (Å²) in [5.41, 5.74) is 3.53. The fourth-order valence-electron chi connectivity index (χ4n) is 3.29. The molecule has 0 spiro atoms. The van der Waals surface area contributed by atoms with Gasteiger partial charge in [0.15, 0.2) is 0 Å². The summed E-state index contributed by atoms with van der Waals surface area (Å²) in [6.07, 6.45) is 5.73. The molecule has 3 rings (SSSR count). The van der Waals surface area contributed by atoms with Crippen LogP contribution in [0.5, 0.6) is 0 Å². The van der Waals surface area contributed by atoms with Gasteiger partial charge in [-0.05, 0) is 55.9 Å². The molecule has 2 aromatic rings. The van der Waals surface area contributed by atoms with Gasteiger partial charge in [-0.15, -0.1) is 11.3 Å². The minimum Gasteiger partial charge on any atom is -0.374 e. The van der Waals surface area contributed by atoms with Crippen molar-refractivity contribution in [1.82, 2.24) is 0 Å². The van der Waals surface area contributed by atoms with Crippen molar-refractivity contribution < 1.29 is 4.79 Å². The molecule has 1 aromatic carbocycles. The second kappa shape index (κ2) is 8.70. The molecule has 138 valence electrons. The summed E-state index contributed by atoms with van der Waals surface area (Å²) in [5, 5.41) is 25.1. The number of nitrogens with one attached hydrogen (secondary N) is 2. The van der Waals surface area contributed by atoms with E-state index in [-0.39, 0.29) is 5.91 Å². The van der Waals surface area contributed by atoms with Crippen LogP contribution in [-0.4, -0.2) is 11.9 Å². The SMILES string of the molecule is CC(Nc1ccc(CC#N)cc1)C(=O)Nc1sc2c(c1C#N)CCCCC2. The Bertz CT molecular complexity index is 902. The van der Waals surface area contributed by atoms with E-state index in [0.717, 1.165) is 42.5 Å². The van der Waals surface area contributed by atoms with Gasteiger partial charge in [0.2, 0.25) is 5.91 Å². The van der Waals surface area contributed by atoms with Crippen LogP contribution in [-0.2, 0) is 24.1 Å². The molecule has 0 fully saturated rings. The Hall–Kier alpha value is -2.83. The third kappa shape index (κ3) is 4.48. The Morgan fingerprint density at radius 1 is 1.19 bits per heavy atom. The van der Waals surface area contributed by atoms with E-state index in [9.17, 15) is 10.1 Å². The monoisotopic (exact) mass is 378 g/mol. The summed E-state index contributed by atoms with van der Waals surface area (Å²) in [6.45, 7) is 1.79. The molecule has 1 heterocycles. The van der Waals surface area contributed by atoms with Crippen molar-refractivity contribution in [3.8, 4) is 12.1 Å². The number of nitriles is 2. The van der Waals surface area contributed by atoms with Crippen molar-refractivity contribution in [1.29, 1.82) is 10.5 Å². The molecule has 1 unspecified atom stereocenters. The number of carbonyl (C=O) groups is 1. The maximum absolute atomic E-state index is 12.6. The van der Waals surface area contributed by atoms with Crippen LogP contribution >= 0.6 is 11.3 Å². The largest absolute Gasteiger partial charge is 0.374 e. The Balaban J connectivity index is 1.68. The molecule has 5 nitrogen and oxygen atoms in total. The summed E-state index contributed by atoms with van der Waals surface area (Å²) >= 11 is 1.55. The van der Waals surface area contributed by atoms with Gasteiger partial charge in [0, 0.05) is 10.6 Å². The van der Waals surface area contributed by atoms with Gasteiger partial charge < -0.3 is 10.6 Å². The lowest BCUT2D eigenvalue weighted by molar-refractivity contribution is -0.116. The molecule has 0 radical (unpaired) electrons. The van der Waals surface area contributed by atoms with Crippen molar-refractivity contribution in [2.24, 2.45) is 0 Å². The van der Waals surface area contributed by atoms with Crippen LogP contribution in [0.3, 0.4) is 0 Å². The minimum absolute atomic E-state index is 0.163. The topological polar surface area (TPSA) is 88.7 Å². The number of hydrogen-bond acceptors (Lipinski definition) is 5. The normalized spacial score (nSPS) is 14.2. The number of rotatable bonds is 5. The lowest BCUT2D eigenvalue weighted by Crippen LogP contribution is -2.31. The fraction of sp³-hybridized carbons (Fsp3) is 0.381. The molecule has 2 N–H and O–H groups in total. The van der Waals surface area contributed by atoms with Gasteiger partial charge in [0.25, 0.3) is 0 Å². The first-order chi connectivity index (χ1) is 13.1. The van der Waals surface area contributed by atoms with E-state index >= 15 is 0 Å². The lowest BCUT2D eigenvalue weighted by Gasteiger charge is -2.15. The molecule has 0 saturated carbocycles.